The number of anilines is 1. The van der Waals surface area contributed by atoms with Gasteiger partial charge in [-0.2, -0.15) is 0 Å². The molecule has 502 valence electrons. The number of nitrogens with zero attached hydrogens (tertiary/aromatic N) is 15. The minimum absolute atomic E-state index is 0. The molecular weight excluding hydrogens is 1240 g/mol. The molecule has 0 bridgehead atoms. The molecule has 13 rings (SSSR count). The molecule has 5 aromatic carbocycles. The molecule has 0 spiro atoms. The Morgan fingerprint density at radius 2 is 1.07 bits per heavy atom. The number of piperidine rings is 1. The maximum atomic E-state index is 12.4. The monoisotopic (exact) mass is 1330 g/mol. The van der Waals surface area contributed by atoms with Crippen LogP contribution in [0.15, 0.2) is 189 Å². The smallest absolute Gasteiger partial charge is 0.268 e. The van der Waals surface area contributed by atoms with Crippen LogP contribution in [0.2, 0.25) is 0 Å². The summed E-state index contributed by atoms with van der Waals surface area (Å²) in [7, 11) is 0.586. The fraction of sp³-hybridized carbons (Fsp3) is 0.247. The lowest BCUT2D eigenvalue weighted by Crippen LogP contribution is -2.29. The summed E-state index contributed by atoms with van der Waals surface area (Å²) in [6.45, 7) is 17.5. The quantitative estimate of drug-likeness (QED) is 0.0711. The maximum absolute atomic E-state index is 12.4. The lowest BCUT2D eigenvalue weighted by Gasteiger charge is -2.27. The summed E-state index contributed by atoms with van der Waals surface area (Å²) in [5.41, 5.74) is 19.4. The molecule has 8 heterocycles. The number of aliphatic hydroxyl groups is 1. The van der Waals surface area contributed by atoms with Gasteiger partial charge in [-0.3, -0.25) is 15.0 Å². The van der Waals surface area contributed by atoms with Crippen LogP contribution in [-0.4, -0.2) is 130 Å². The second-order valence-corrected chi connectivity index (χ2v) is 26.0. The second kappa shape index (κ2) is 30.5. The molecule has 1 saturated heterocycles. The Morgan fingerprint density at radius 1 is 0.577 bits per heavy atom. The predicted molar refractivity (Wildman–Crippen MR) is 380 cm³/mol. The summed E-state index contributed by atoms with van der Waals surface area (Å²) in [6.07, 6.45) is 11.3. The number of sulfone groups is 1. The number of nitrogens with two attached hydrogens (primary N) is 1. The zero-order valence-corrected chi connectivity index (χ0v) is 56.0. The summed E-state index contributed by atoms with van der Waals surface area (Å²) < 4.78 is 48.3. The van der Waals surface area contributed by atoms with Crippen molar-refractivity contribution in [3.63, 3.8) is 0 Å². The predicted octanol–water partition coefficient (Wildman–Crippen LogP) is 14.4. The molecule has 1 unspecified atom stereocenters. The van der Waals surface area contributed by atoms with E-state index in [0.717, 1.165) is 74.9 Å². The van der Waals surface area contributed by atoms with Crippen molar-refractivity contribution in [1.82, 2.24) is 70.4 Å². The fourth-order valence-corrected chi connectivity index (χ4v) is 11.3. The van der Waals surface area contributed by atoms with Gasteiger partial charge in [0.25, 0.3) is 23.6 Å². The Labute approximate surface area is 568 Å². The van der Waals surface area contributed by atoms with E-state index < -0.39 is 15.1 Å². The molecule has 0 radical (unpaired) electrons. The first-order chi connectivity index (χ1) is 46.9. The van der Waals surface area contributed by atoms with Crippen molar-refractivity contribution in [3.05, 3.63) is 199 Å². The molecule has 7 aromatic heterocycles. The largest absolute Gasteiger partial charge is 0.493 e. The van der Waals surface area contributed by atoms with Crippen molar-refractivity contribution in [2.75, 3.05) is 45.3 Å². The van der Waals surface area contributed by atoms with Crippen LogP contribution in [0.4, 0.5) is 5.82 Å². The van der Waals surface area contributed by atoms with Gasteiger partial charge in [0, 0.05) is 91.7 Å². The van der Waals surface area contributed by atoms with Crippen LogP contribution in [0.3, 0.4) is 0 Å². The van der Waals surface area contributed by atoms with E-state index in [9.17, 15) is 8.42 Å². The van der Waals surface area contributed by atoms with Crippen LogP contribution in [0.25, 0.3) is 109 Å². The van der Waals surface area contributed by atoms with E-state index in [1.165, 1.54) is 19.3 Å². The average Bonchev–Trinajstić information content (AvgIpc) is 1.70. The number of para-hydroxylation sites is 1. The molecule has 1 aliphatic heterocycles. The molecule has 23 nitrogen and oxygen atoms in total. The molecule has 97 heavy (non-hydrogen) atoms. The summed E-state index contributed by atoms with van der Waals surface area (Å²) >= 11 is 0. The van der Waals surface area contributed by atoms with E-state index in [1.54, 1.807) is 56.7 Å². The number of rotatable bonds is 19. The van der Waals surface area contributed by atoms with Gasteiger partial charge in [-0.25, -0.2) is 28.4 Å². The van der Waals surface area contributed by atoms with Crippen LogP contribution in [-0.2, 0) is 9.84 Å². The van der Waals surface area contributed by atoms with Crippen molar-refractivity contribution >= 4 is 21.4 Å². The second-order valence-electron chi connectivity index (χ2n) is 23.5. The van der Waals surface area contributed by atoms with E-state index in [0.29, 0.717) is 87.8 Å². The van der Waals surface area contributed by atoms with E-state index in [2.05, 4.69) is 73.1 Å². The van der Waals surface area contributed by atoms with Gasteiger partial charge in [0.2, 0.25) is 11.8 Å². The minimum atomic E-state index is -3.34. The van der Waals surface area contributed by atoms with E-state index in [1.807, 2.05) is 162 Å². The minimum Gasteiger partial charge on any atom is -0.493 e. The zero-order chi connectivity index (χ0) is 68.2. The van der Waals surface area contributed by atoms with Crippen LogP contribution in [0, 0.1) is 20.8 Å². The van der Waals surface area contributed by atoms with Crippen LogP contribution >= 0.6 is 0 Å². The van der Waals surface area contributed by atoms with Crippen molar-refractivity contribution < 1.29 is 37.2 Å². The first-order valence-corrected chi connectivity index (χ1v) is 33.3. The van der Waals surface area contributed by atoms with Gasteiger partial charge in [-0.1, -0.05) is 85.4 Å². The fourth-order valence-electron chi connectivity index (χ4n) is 10.3. The number of aromatic nitrogens is 13. The Morgan fingerprint density at radius 3 is 1.61 bits per heavy atom. The Bertz CT molecular complexity index is 4790. The first-order valence-electron chi connectivity index (χ1n) is 31.7. The summed E-state index contributed by atoms with van der Waals surface area (Å²) in [5.74, 6) is 3.68. The Hall–Kier alpha value is -11.1. The maximum Gasteiger partial charge on any atom is 0.268 e. The van der Waals surface area contributed by atoms with Gasteiger partial charge in [-0.15, -0.1) is 30.6 Å². The molecule has 1 fully saturated rings. The van der Waals surface area contributed by atoms with Crippen LogP contribution in [0.5, 0.6) is 5.75 Å². The molecule has 24 heteroatoms. The standard InChI is InChI=1S/C26H27N5O3.C24H25N5O3S.C23H22N6O.4H2/c1-17-24(28-22(16-27-17)20-12-10-19(11-13-20)18(2)31(3)4)26-30-29-25(34-26)21-8-5-6-9-23(21)33-15-7-14-32;1-14(2)33(30,31)20-10-8-17(9-11-20)21-13-26-16(4)22(27-21)24-29-28-23(32-24)19-7-5-6-18(12-19)15(3)25;1-16-21(23-28-27-22(30-23)17-8-4-2-5-9-17)26-19(15-24-16)18-10-11-20(25-14-18)29-12-6-3-7-13-29;;;;/h5-6,8-13,16,32H,2,7,14-15H2,1,3-4H3;5-15H,25H2,1-4H3;2,4-5,8-11,14-15H,3,6-7,12-13H2,1H3;4*1H. The molecule has 1 aliphatic rings. The first kappa shape index (κ1) is 67.3. The van der Waals surface area contributed by atoms with Gasteiger partial charge < -0.3 is 38.6 Å². The number of benzene rings is 5. The van der Waals surface area contributed by atoms with Crippen molar-refractivity contribution in [3.8, 4) is 109 Å². The number of hydrogen-bond donors (Lipinski definition) is 2. The third kappa shape index (κ3) is 16.0. The van der Waals surface area contributed by atoms with Gasteiger partial charge in [0.15, 0.2) is 9.84 Å². The Balaban J connectivity index is 0.000000209. The van der Waals surface area contributed by atoms with E-state index in [-0.39, 0.29) is 35.0 Å². The molecule has 1 atom stereocenters. The van der Waals surface area contributed by atoms with Crippen molar-refractivity contribution in [2.24, 2.45) is 5.73 Å². The lowest BCUT2D eigenvalue weighted by atomic mass is 10.1. The van der Waals surface area contributed by atoms with Gasteiger partial charge in [0.1, 0.15) is 28.6 Å². The molecule has 3 N–H and O–H groups in total. The summed E-state index contributed by atoms with van der Waals surface area (Å²) in [6, 6.07) is 43.4. The number of ether oxygens (including phenoxy) is 1. The van der Waals surface area contributed by atoms with Crippen molar-refractivity contribution in [2.45, 2.75) is 83.4 Å². The highest BCUT2D eigenvalue weighted by molar-refractivity contribution is 7.92. The number of aryl methyl sites for hydroxylation is 3. The summed E-state index contributed by atoms with van der Waals surface area (Å²) in [4.78, 5) is 36.8. The number of pyridine rings is 1. The molecular formula is C73H82N16O7S. The molecule has 0 aliphatic carbocycles. The highest BCUT2D eigenvalue weighted by atomic mass is 32.2. The van der Waals surface area contributed by atoms with Crippen molar-refractivity contribution in [1.29, 1.82) is 0 Å². The topological polar surface area (TPSA) is 303 Å². The van der Waals surface area contributed by atoms with Crippen LogP contribution in [0.1, 0.15) is 86.4 Å². The summed E-state index contributed by atoms with van der Waals surface area (Å²) in [5, 5.41) is 33.7. The zero-order valence-electron chi connectivity index (χ0n) is 55.2. The number of hydrogen-bond acceptors (Lipinski definition) is 23. The third-order valence-corrected chi connectivity index (χ3v) is 18.2. The van der Waals surface area contributed by atoms with Gasteiger partial charge >= 0.3 is 0 Å². The highest BCUT2D eigenvalue weighted by Crippen LogP contribution is 2.34. The number of aliphatic hydroxyl groups excluding tert-OH is 1. The van der Waals surface area contributed by atoms with Gasteiger partial charge in [0.05, 0.1) is 75.1 Å². The lowest BCUT2D eigenvalue weighted by molar-refractivity contribution is 0.234. The SMILES string of the molecule is C=C(c1ccc(-c2cnc(C)c(-c3nnc(-c4ccccc4OCCCO)o3)n2)cc1)N(C)C.Cc1ncc(-c2ccc(N3CCCCC3)nc2)nc1-c1nnc(-c2ccccc2)o1.Cc1ncc(-c2ccc(S(=O)(=O)C(C)C)cc2)nc1-c1nnc(-c2cccc(C(C)N)c2)o1.[HH].[HH].[HH].[HH]. The van der Waals surface area contributed by atoms with Gasteiger partial charge in [-0.05, 0) is 133 Å². The third-order valence-electron chi connectivity index (χ3n) is 16.0. The molecule has 12 aromatic rings. The normalized spacial score (nSPS) is 12.5. The van der Waals surface area contributed by atoms with E-state index in [4.69, 9.17) is 38.8 Å². The molecule has 0 saturated carbocycles. The van der Waals surface area contributed by atoms with E-state index >= 15 is 0 Å². The molecule has 0 amide bonds. The highest BCUT2D eigenvalue weighted by Gasteiger charge is 2.23. The van der Waals surface area contributed by atoms with Crippen LogP contribution < -0.4 is 15.4 Å². The Kier molecular flexibility index (Phi) is 21.2. The average molecular weight is 1330 g/mol.